The zero-order chi connectivity index (χ0) is 12.4. The third-order valence-corrected chi connectivity index (χ3v) is 3.09. The lowest BCUT2D eigenvalue weighted by Gasteiger charge is -2.07. The van der Waals surface area contributed by atoms with Gasteiger partial charge < -0.3 is 15.2 Å². The Bertz CT molecular complexity index is 511. The molecule has 92 valence electrons. The van der Waals surface area contributed by atoms with Gasteiger partial charge >= 0.3 is 0 Å². The summed E-state index contributed by atoms with van der Waals surface area (Å²) in [6, 6.07) is 6.53. The van der Waals surface area contributed by atoms with Crippen LogP contribution in [0.5, 0.6) is 0 Å². The quantitative estimate of drug-likeness (QED) is 0.875. The fourth-order valence-corrected chi connectivity index (χ4v) is 2.27. The molecule has 2 aromatic rings. The van der Waals surface area contributed by atoms with Crippen LogP contribution in [0.3, 0.4) is 0 Å². The second kappa shape index (κ2) is 4.90. The number of hydrogen-bond acceptors (Lipinski definition) is 2. The molecular weight excluding hydrogens is 210 g/mol. The minimum atomic E-state index is 0.605. The Balaban J connectivity index is 2.56. The summed E-state index contributed by atoms with van der Waals surface area (Å²) < 4.78 is 2.30. The Labute approximate surface area is 103 Å². The molecule has 0 aliphatic carbocycles. The first kappa shape index (κ1) is 12.1. The van der Waals surface area contributed by atoms with Crippen molar-refractivity contribution >= 4 is 10.9 Å². The van der Waals surface area contributed by atoms with E-state index in [0.29, 0.717) is 6.54 Å². The Morgan fingerprint density at radius 1 is 1.29 bits per heavy atom. The molecule has 0 saturated carbocycles. The highest BCUT2D eigenvalue weighted by molar-refractivity contribution is 5.84. The molecule has 0 aliphatic heterocycles. The van der Waals surface area contributed by atoms with Crippen LogP contribution in [0, 0.1) is 0 Å². The van der Waals surface area contributed by atoms with Crippen LogP contribution in [0.15, 0.2) is 24.4 Å². The molecule has 0 spiro atoms. The molecule has 1 heterocycles. The molecule has 3 heteroatoms. The van der Waals surface area contributed by atoms with Gasteiger partial charge in [-0.25, -0.2) is 0 Å². The van der Waals surface area contributed by atoms with Gasteiger partial charge in [0.25, 0.3) is 0 Å². The SMILES string of the molecule is CCn1cc(CN(C)C)c2ccc(CN)cc21. The predicted molar refractivity (Wildman–Crippen MR) is 72.9 cm³/mol. The Morgan fingerprint density at radius 3 is 2.65 bits per heavy atom. The van der Waals surface area contributed by atoms with Crippen molar-refractivity contribution in [3.05, 3.63) is 35.5 Å². The second-order valence-electron chi connectivity index (χ2n) is 4.73. The summed E-state index contributed by atoms with van der Waals surface area (Å²) in [7, 11) is 4.20. The van der Waals surface area contributed by atoms with E-state index in [2.05, 4.69) is 54.9 Å². The van der Waals surface area contributed by atoms with Crippen LogP contribution >= 0.6 is 0 Å². The first-order chi connectivity index (χ1) is 8.15. The monoisotopic (exact) mass is 231 g/mol. The van der Waals surface area contributed by atoms with Gasteiger partial charge in [-0.15, -0.1) is 0 Å². The maximum atomic E-state index is 5.70. The predicted octanol–water partition coefficient (Wildman–Crippen LogP) is 2.18. The van der Waals surface area contributed by atoms with Gasteiger partial charge in [-0.2, -0.15) is 0 Å². The number of nitrogens with two attached hydrogens (primary N) is 1. The molecule has 1 aromatic carbocycles. The van der Waals surface area contributed by atoms with Crippen molar-refractivity contribution in [2.45, 2.75) is 26.6 Å². The number of nitrogens with zero attached hydrogens (tertiary/aromatic N) is 2. The number of aromatic nitrogens is 1. The molecule has 2 N–H and O–H groups in total. The van der Waals surface area contributed by atoms with E-state index < -0.39 is 0 Å². The van der Waals surface area contributed by atoms with Gasteiger partial charge in [-0.1, -0.05) is 12.1 Å². The average Bonchev–Trinajstić information content (AvgIpc) is 2.66. The minimum absolute atomic E-state index is 0.605. The van der Waals surface area contributed by atoms with Gasteiger partial charge in [0.1, 0.15) is 0 Å². The third-order valence-electron chi connectivity index (χ3n) is 3.09. The van der Waals surface area contributed by atoms with E-state index >= 15 is 0 Å². The van der Waals surface area contributed by atoms with E-state index in [1.54, 1.807) is 0 Å². The van der Waals surface area contributed by atoms with Gasteiger partial charge in [-0.05, 0) is 38.2 Å². The summed E-state index contributed by atoms with van der Waals surface area (Å²) in [4.78, 5) is 2.20. The van der Waals surface area contributed by atoms with E-state index in [-0.39, 0.29) is 0 Å². The molecule has 0 unspecified atom stereocenters. The van der Waals surface area contributed by atoms with Gasteiger partial charge in [0.05, 0.1) is 0 Å². The summed E-state index contributed by atoms with van der Waals surface area (Å²) in [5.74, 6) is 0. The zero-order valence-electron chi connectivity index (χ0n) is 10.9. The van der Waals surface area contributed by atoms with Gasteiger partial charge in [0.15, 0.2) is 0 Å². The highest BCUT2D eigenvalue weighted by Crippen LogP contribution is 2.23. The van der Waals surface area contributed by atoms with E-state index in [4.69, 9.17) is 5.73 Å². The van der Waals surface area contributed by atoms with Crippen LogP contribution in [-0.2, 0) is 19.6 Å². The molecule has 0 bridgehead atoms. The largest absolute Gasteiger partial charge is 0.347 e. The van der Waals surface area contributed by atoms with Crippen LogP contribution in [-0.4, -0.2) is 23.6 Å². The Morgan fingerprint density at radius 2 is 2.06 bits per heavy atom. The molecule has 17 heavy (non-hydrogen) atoms. The molecule has 0 aliphatic rings. The average molecular weight is 231 g/mol. The number of benzene rings is 1. The van der Waals surface area contributed by atoms with Crippen LogP contribution in [0.4, 0.5) is 0 Å². The van der Waals surface area contributed by atoms with Crippen molar-refractivity contribution in [1.82, 2.24) is 9.47 Å². The van der Waals surface area contributed by atoms with Crippen molar-refractivity contribution in [2.24, 2.45) is 5.73 Å². The van der Waals surface area contributed by atoms with E-state index in [1.807, 2.05) is 0 Å². The summed E-state index contributed by atoms with van der Waals surface area (Å²) in [5.41, 5.74) is 9.58. The highest BCUT2D eigenvalue weighted by Gasteiger charge is 2.08. The lowest BCUT2D eigenvalue weighted by Crippen LogP contribution is -2.10. The summed E-state index contributed by atoms with van der Waals surface area (Å²) in [5, 5.41) is 1.35. The first-order valence-electron chi connectivity index (χ1n) is 6.11. The van der Waals surface area contributed by atoms with E-state index in [1.165, 1.54) is 22.0 Å². The number of hydrogen-bond donors (Lipinski definition) is 1. The minimum Gasteiger partial charge on any atom is -0.347 e. The van der Waals surface area contributed by atoms with Gasteiger partial charge in [0, 0.05) is 36.7 Å². The molecule has 1 aromatic heterocycles. The van der Waals surface area contributed by atoms with Crippen LogP contribution < -0.4 is 5.73 Å². The van der Waals surface area contributed by atoms with Crippen LogP contribution in [0.1, 0.15) is 18.1 Å². The fraction of sp³-hybridized carbons (Fsp3) is 0.429. The van der Waals surface area contributed by atoms with Crippen molar-refractivity contribution in [3.63, 3.8) is 0 Å². The van der Waals surface area contributed by atoms with Crippen LogP contribution in [0.2, 0.25) is 0 Å². The third kappa shape index (κ3) is 2.35. The molecule has 0 saturated heterocycles. The molecule has 0 atom stereocenters. The molecule has 0 radical (unpaired) electrons. The smallest absolute Gasteiger partial charge is 0.0486 e. The highest BCUT2D eigenvalue weighted by atomic mass is 15.1. The van der Waals surface area contributed by atoms with E-state index in [9.17, 15) is 0 Å². The molecule has 2 rings (SSSR count). The summed E-state index contributed by atoms with van der Waals surface area (Å²) in [6.45, 7) is 4.76. The number of rotatable bonds is 4. The maximum Gasteiger partial charge on any atom is 0.0486 e. The normalized spacial score (nSPS) is 11.6. The molecular formula is C14H21N3. The lowest BCUT2D eigenvalue weighted by molar-refractivity contribution is 0.403. The van der Waals surface area contributed by atoms with Crippen molar-refractivity contribution < 1.29 is 0 Å². The number of fused-ring (bicyclic) bond motifs is 1. The summed E-state index contributed by atoms with van der Waals surface area (Å²) in [6.07, 6.45) is 2.25. The molecule has 3 nitrogen and oxygen atoms in total. The van der Waals surface area contributed by atoms with Crippen molar-refractivity contribution in [1.29, 1.82) is 0 Å². The Kier molecular flexibility index (Phi) is 3.50. The fourth-order valence-electron chi connectivity index (χ4n) is 2.27. The molecule has 0 fully saturated rings. The zero-order valence-corrected chi connectivity index (χ0v) is 10.9. The maximum absolute atomic E-state index is 5.70. The van der Waals surface area contributed by atoms with Gasteiger partial charge in [0.2, 0.25) is 0 Å². The first-order valence-corrected chi connectivity index (χ1v) is 6.11. The number of aryl methyl sites for hydroxylation is 1. The summed E-state index contributed by atoms with van der Waals surface area (Å²) >= 11 is 0. The van der Waals surface area contributed by atoms with Crippen LogP contribution in [0.25, 0.3) is 10.9 Å². The van der Waals surface area contributed by atoms with Gasteiger partial charge in [-0.3, -0.25) is 0 Å². The lowest BCUT2D eigenvalue weighted by atomic mass is 10.1. The standard InChI is InChI=1S/C14H21N3/c1-4-17-10-12(9-16(2)3)13-6-5-11(8-15)7-14(13)17/h5-7,10H,4,8-9,15H2,1-3H3. The topological polar surface area (TPSA) is 34.2 Å². The van der Waals surface area contributed by atoms with Crippen molar-refractivity contribution in [3.8, 4) is 0 Å². The van der Waals surface area contributed by atoms with Crippen molar-refractivity contribution in [2.75, 3.05) is 14.1 Å². The Hall–Kier alpha value is -1.32. The second-order valence-corrected chi connectivity index (χ2v) is 4.73. The molecule has 0 amide bonds. The van der Waals surface area contributed by atoms with E-state index in [0.717, 1.165) is 13.1 Å².